The molecule has 0 radical (unpaired) electrons. The van der Waals surface area contributed by atoms with Crippen molar-refractivity contribution in [2.24, 2.45) is 0 Å². The number of ether oxygens (including phenoxy) is 1. The van der Waals surface area contributed by atoms with Gasteiger partial charge in [0.2, 0.25) is 0 Å². The van der Waals surface area contributed by atoms with Crippen LogP contribution >= 0.6 is 0 Å². The van der Waals surface area contributed by atoms with Gasteiger partial charge in [-0.25, -0.2) is 0 Å². The second-order valence-corrected chi connectivity index (χ2v) is 4.42. The molecular weight excluding hydrogens is 226 g/mol. The maximum Gasteiger partial charge on any atom is 0.124 e. The molecule has 1 heterocycles. The summed E-state index contributed by atoms with van der Waals surface area (Å²) in [5.74, 6) is 1.22. The van der Waals surface area contributed by atoms with Gasteiger partial charge in [0, 0.05) is 23.7 Å². The fraction of sp³-hybridized carbons (Fsp3) is 0.200. The Hall–Kier alpha value is -2.16. The van der Waals surface area contributed by atoms with Crippen molar-refractivity contribution in [1.82, 2.24) is 0 Å². The molecular formula is C15H15NO2. The highest BCUT2D eigenvalue weighted by Crippen LogP contribution is 2.34. The Balaban J connectivity index is 1.86. The topological polar surface area (TPSA) is 41.5 Å². The van der Waals surface area contributed by atoms with E-state index in [-0.39, 0.29) is 11.8 Å². The average Bonchev–Trinajstić information content (AvgIpc) is 2.39. The van der Waals surface area contributed by atoms with Gasteiger partial charge in [0.05, 0.1) is 12.6 Å². The lowest BCUT2D eigenvalue weighted by Gasteiger charge is -2.27. The molecule has 2 aromatic carbocycles. The van der Waals surface area contributed by atoms with E-state index >= 15 is 0 Å². The SMILES string of the molecule is Oc1cccc(NC2CCOc3ccccc32)c1. The number of hydrogen-bond donors (Lipinski definition) is 2. The normalized spacial score (nSPS) is 17.7. The Labute approximate surface area is 106 Å². The van der Waals surface area contributed by atoms with Crippen molar-refractivity contribution in [2.45, 2.75) is 12.5 Å². The van der Waals surface area contributed by atoms with Crippen LogP contribution in [-0.4, -0.2) is 11.7 Å². The van der Waals surface area contributed by atoms with E-state index in [1.807, 2.05) is 30.3 Å². The average molecular weight is 241 g/mol. The summed E-state index contributed by atoms with van der Waals surface area (Å²) < 4.78 is 5.63. The minimum Gasteiger partial charge on any atom is -0.508 e. The number of fused-ring (bicyclic) bond motifs is 1. The number of rotatable bonds is 2. The second-order valence-electron chi connectivity index (χ2n) is 4.42. The van der Waals surface area contributed by atoms with Crippen LogP contribution in [0.5, 0.6) is 11.5 Å². The number of nitrogens with one attached hydrogen (secondary N) is 1. The molecule has 0 spiro atoms. The van der Waals surface area contributed by atoms with E-state index in [0.717, 1.165) is 17.9 Å². The molecule has 0 amide bonds. The molecule has 0 fully saturated rings. The second kappa shape index (κ2) is 4.61. The zero-order chi connectivity index (χ0) is 12.4. The third kappa shape index (κ3) is 2.12. The van der Waals surface area contributed by atoms with Crippen molar-refractivity contribution in [2.75, 3.05) is 11.9 Å². The van der Waals surface area contributed by atoms with Crippen LogP contribution in [0.25, 0.3) is 0 Å². The predicted molar refractivity (Wildman–Crippen MR) is 71.0 cm³/mol. The molecule has 3 rings (SSSR count). The highest BCUT2D eigenvalue weighted by atomic mass is 16.5. The quantitative estimate of drug-likeness (QED) is 0.847. The van der Waals surface area contributed by atoms with E-state index in [4.69, 9.17) is 4.74 Å². The van der Waals surface area contributed by atoms with Crippen molar-refractivity contribution in [3.8, 4) is 11.5 Å². The number of phenolic OH excluding ortho intramolecular Hbond substituents is 1. The van der Waals surface area contributed by atoms with Crippen molar-refractivity contribution < 1.29 is 9.84 Å². The highest BCUT2D eigenvalue weighted by Gasteiger charge is 2.20. The van der Waals surface area contributed by atoms with Gasteiger partial charge in [0.15, 0.2) is 0 Å². The molecule has 92 valence electrons. The number of anilines is 1. The van der Waals surface area contributed by atoms with Gasteiger partial charge in [-0.05, 0) is 18.2 Å². The minimum atomic E-state index is 0.233. The number of hydrogen-bond acceptors (Lipinski definition) is 3. The van der Waals surface area contributed by atoms with Gasteiger partial charge in [0.1, 0.15) is 11.5 Å². The van der Waals surface area contributed by atoms with Gasteiger partial charge in [-0.2, -0.15) is 0 Å². The number of phenols is 1. The van der Waals surface area contributed by atoms with Crippen molar-refractivity contribution in [3.05, 3.63) is 54.1 Å². The smallest absolute Gasteiger partial charge is 0.124 e. The van der Waals surface area contributed by atoms with Crippen LogP contribution < -0.4 is 10.1 Å². The van der Waals surface area contributed by atoms with E-state index in [1.54, 1.807) is 12.1 Å². The molecule has 2 aromatic rings. The van der Waals surface area contributed by atoms with Crippen molar-refractivity contribution in [3.63, 3.8) is 0 Å². The molecule has 0 bridgehead atoms. The van der Waals surface area contributed by atoms with Crippen molar-refractivity contribution in [1.29, 1.82) is 0 Å². The molecule has 2 N–H and O–H groups in total. The van der Waals surface area contributed by atoms with E-state index in [9.17, 15) is 5.11 Å². The highest BCUT2D eigenvalue weighted by molar-refractivity contribution is 5.51. The van der Waals surface area contributed by atoms with Crippen LogP contribution in [0.1, 0.15) is 18.0 Å². The van der Waals surface area contributed by atoms with Crippen LogP contribution in [-0.2, 0) is 0 Å². The largest absolute Gasteiger partial charge is 0.508 e. The molecule has 1 atom stereocenters. The van der Waals surface area contributed by atoms with Crippen molar-refractivity contribution >= 4 is 5.69 Å². The summed E-state index contributed by atoms with van der Waals surface area (Å²) in [4.78, 5) is 0. The first kappa shape index (κ1) is 11.0. The first-order valence-electron chi connectivity index (χ1n) is 6.10. The van der Waals surface area contributed by atoms with Gasteiger partial charge in [0.25, 0.3) is 0 Å². The summed E-state index contributed by atoms with van der Waals surface area (Å²) in [5.41, 5.74) is 2.10. The van der Waals surface area contributed by atoms with E-state index in [0.29, 0.717) is 6.61 Å². The molecule has 18 heavy (non-hydrogen) atoms. The lowest BCUT2D eigenvalue weighted by molar-refractivity contribution is 0.274. The van der Waals surface area contributed by atoms with Gasteiger partial charge < -0.3 is 15.2 Å². The molecule has 1 aliphatic heterocycles. The van der Waals surface area contributed by atoms with E-state index in [1.165, 1.54) is 5.56 Å². The number of benzene rings is 2. The monoisotopic (exact) mass is 241 g/mol. The number of aromatic hydroxyl groups is 1. The Bertz CT molecular complexity index is 554. The van der Waals surface area contributed by atoms with Crippen LogP contribution in [0, 0.1) is 0 Å². The van der Waals surface area contributed by atoms with E-state index in [2.05, 4.69) is 11.4 Å². The van der Waals surface area contributed by atoms with Crippen LogP contribution in [0.3, 0.4) is 0 Å². The molecule has 0 saturated carbocycles. The zero-order valence-electron chi connectivity index (χ0n) is 9.97. The summed E-state index contributed by atoms with van der Waals surface area (Å²) in [6.07, 6.45) is 0.923. The fourth-order valence-electron chi connectivity index (χ4n) is 2.29. The zero-order valence-corrected chi connectivity index (χ0v) is 9.97. The summed E-state index contributed by atoms with van der Waals surface area (Å²) >= 11 is 0. The van der Waals surface area contributed by atoms with Gasteiger partial charge in [-0.1, -0.05) is 24.3 Å². The van der Waals surface area contributed by atoms with Crippen LogP contribution in [0.15, 0.2) is 48.5 Å². The summed E-state index contributed by atoms with van der Waals surface area (Å²) in [7, 11) is 0. The summed E-state index contributed by atoms with van der Waals surface area (Å²) in [6.45, 7) is 0.716. The lowest BCUT2D eigenvalue weighted by Crippen LogP contribution is -2.20. The number of para-hydroxylation sites is 1. The Kier molecular flexibility index (Phi) is 2.81. The fourth-order valence-corrected chi connectivity index (χ4v) is 2.29. The molecule has 1 aliphatic rings. The maximum absolute atomic E-state index is 9.47. The molecule has 0 saturated heterocycles. The molecule has 3 nitrogen and oxygen atoms in total. The maximum atomic E-state index is 9.47. The Morgan fingerprint density at radius 3 is 2.89 bits per heavy atom. The molecule has 0 aromatic heterocycles. The van der Waals surface area contributed by atoms with Crippen LogP contribution in [0.2, 0.25) is 0 Å². The van der Waals surface area contributed by atoms with Gasteiger partial charge in [-0.3, -0.25) is 0 Å². The van der Waals surface area contributed by atoms with Crippen LogP contribution in [0.4, 0.5) is 5.69 Å². The molecule has 3 heteroatoms. The van der Waals surface area contributed by atoms with Gasteiger partial charge >= 0.3 is 0 Å². The third-order valence-corrected chi connectivity index (χ3v) is 3.15. The lowest BCUT2D eigenvalue weighted by atomic mass is 10.0. The minimum absolute atomic E-state index is 0.233. The predicted octanol–water partition coefficient (Wildman–Crippen LogP) is 3.33. The summed E-state index contributed by atoms with van der Waals surface area (Å²) in [6, 6.07) is 15.5. The molecule has 1 unspecified atom stereocenters. The Morgan fingerprint density at radius 2 is 2.00 bits per heavy atom. The van der Waals surface area contributed by atoms with E-state index < -0.39 is 0 Å². The third-order valence-electron chi connectivity index (χ3n) is 3.15. The molecule has 0 aliphatic carbocycles. The first-order valence-corrected chi connectivity index (χ1v) is 6.10. The summed E-state index contributed by atoms with van der Waals surface area (Å²) in [5, 5.41) is 12.9. The van der Waals surface area contributed by atoms with Gasteiger partial charge in [-0.15, -0.1) is 0 Å². The standard InChI is InChI=1S/C15H15NO2/c17-12-5-3-4-11(10-12)16-14-8-9-18-15-7-2-1-6-13(14)15/h1-7,10,14,16-17H,8-9H2. The first-order chi connectivity index (χ1) is 8.83. The Morgan fingerprint density at radius 1 is 1.11 bits per heavy atom.